The number of nitrogens with zero attached hydrogens (tertiary/aromatic N) is 2. The summed E-state index contributed by atoms with van der Waals surface area (Å²) in [6.07, 6.45) is 1.73. The van der Waals surface area contributed by atoms with Gasteiger partial charge in [-0.15, -0.1) is 11.8 Å². The Bertz CT molecular complexity index is 724. The number of amidine groups is 1. The quantitative estimate of drug-likeness (QED) is 0.909. The van der Waals surface area contributed by atoms with E-state index in [1.54, 1.807) is 18.6 Å². The van der Waals surface area contributed by atoms with Crippen LogP contribution in [0.4, 0.5) is 0 Å². The fraction of sp³-hybridized carbons (Fsp3) is 0.200. The zero-order valence-corrected chi connectivity index (χ0v) is 12.6. The summed E-state index contributed by atoms with van der Waals surface area (Å²) >= 11 is 1.35. The monoisotopic (exact) mass is 315 g/mol. The van der Waals surface area contributed by atoms with E-state index in [0.29, 0.717) is 18.0 Å². The largest absolute Gasteiger partial charge is 0.497 e. The molecular formula is C15H13N3O3S. The lowest BCUT2D eigenvalue weighted by Crippen LogP contribution is -2.36. The van der Waals surface area contributed by atoms with Gasteiger partial charge >= 0.3 is 0 Å². The third-order valence-electron chi connectivity index (χ3n) is 3.19. The van der Waals surface area contributed by atoms with Crippen LogP contribution >= 0.6 is 11.8 Å². The van der Waals surface area contributed by atoms with Crippen LogP contribution in [0.3, 0.4) is 0 Å². The van der Waals surface area contributed by atoms with E-state index in [1.165, 1.54) is 11.8 Å². The van der Waals surface area contributed by atoms with Crippen molar-refractivity contribution >= 4 is 35.1 Å². The number of carbonyl (C=O) groups excluding carboxylic acids is 2. The smallest absolute Gasteiger partial charge is 0.289 e. The lowest BCUT2D eigenvalue weighted by molar-refractivity contribution is -0.118. The predicted octanol–water partition coefficient (Wildman–Crippen LogP) is 1.32. The number of hydrogen-bond donors (Lipinski definition) is 1. The average molecular weight is 315 g/mol. The number of amides is 2. The van der Waals surface area contributed by atoms with Crippen molar-refractivity contribution in [2.75, 3.05) is 7.11 Å². The normalized spacial score (nSPS) is 19.3. The summed E-state index contributed by atoms with van der Waals surface area (Å²) in [6.45, 7) is 0.308. The third kappa shape index (κ3) is 2.94. The van der Waals surface area contributed by atoms with Crippen molar-refractivity contribution in [1.82, 2.24) is 5.32 Å². The molecule has 0 aliphatic carbocycles. The molecule has 22 heavy (non-hydrogen) atoms. The van der Waals surface area contributed by atoms with Gasteiger partial charge in [0.2, 0.25) is 5.84 Å². The first-order valence-corrected chi connectivity index (χ1v) is 7.56. The Kier molecular flexibility index (Phi) is 4.06. The average Bonchev–Trinajstić information content (AvgIpc) is 3.02. The molecule has 0 saturated heterocycles. The zero-order chi connectivity index (χ0) is 15.5. The van der Waals surface area contributed by atoms with Gasteiger partial charge in [-0.2, -0.15) is 4.99 Å². The van der Waals surface area contributed by atoms with E-state index in [4.69, 9.17) is 4.74 Å². The van der Waals surface area contributed by atoms with Crippen LogP contribution in [-0.2, 0) is 16.1 Å². The Morgan fingerprint density at radius 1 is 1.41 bits per heavy atom. The van der Waals surface area contributed by atoms with Crippen LogP contribution in [0, 0.1) is 0 Å². The van der Waals surface area contributed by atoms with E-state index in [1.807, 2.05) is 24.3 Å². The van der Waals surface area contributed by atoms with Gasteiger partial charge in [0.25, 0.3) is 11.8 Å². The van der Waals surface area contributed by atoms with E-state index in [-0.39, 0.29) is 11.7 Å². The number of nitrogens with one attached hydrogen (secondary N) is 1. The van der Waals surface area contributed by atoms with E-state index in [2.05, 4.69) is 15.3 Å². The molecule has 1 atom stereocenters. The minimum absolute atomic E-state index is 0.0914. The van der Waals surface area contributed by atoms with Gasteiger partial charge in [-0.1, -0.05) is 12.1 Å². The summed E-state index contributed by atoms with van der Waals surface area (Å²) in [7, 11) is 1.58. The fourth-order valence-corrected chi connectivity index (χ4v) is 2.90. The number of allylic oxidation sites excluding steroid dienone is 1. The number of fused-ring (bicyclic) bond motifs is 1. The number of carbonyl (C=O) groups is 2. The molecule has 2 aliphatic rings. The second kappa shape index (κ2) is 6.15. The summed E-state index contributed by atoms with van der Waals surface area (Å²) in [6, 6.07) is 7.36. The number of ether oxygens (including phenoxy) is 1. The first-order valence-electron chi connectivity index (χ1n) is 6.61. The van der Waals surface area contributed by atoms with Gasteiger partial charge < -0.3 is 10.1 Å². The molecular weight excluding hydrogens is 302 g/mol. The molecule has 1 N–H and O–H groups in total. The van der Waals surface area contributed by atoms with Crippen molar-refractivity contribution in [1.29, 1.82) is 0 Å². The lowest BCUT2D eigenvalue weighted by Gasteiger charge is -2.13. The van der Waals surface area contributed by atoms with Crippen molar-refractivity contribution < 1.29 is 14.3 Å². The molecule has 1 aromatic carbocycles. The van der Waals surface area contributed by atoms with Crippen LogP contribution in [0.25, 0.3) is 0 Å². The molecule has 0 fully saturated rings. The molecule has 0 aromatic heterocycles. The highest BCUT2D eigenvalue weighted by molar-refractivity contribution is 8.04. The topological polar surface area (TPSA) is 80.1 Å². The van der Waals surface area contributed by atoms with Gasteiger partial charge in [-0.05, 0) is 29.2 Å². The first kappa shape index (κ1) is 14.5. The summed E-state index contributed by atoms with van der Waals surface area (Å²) in [5.74, 6) is -0.182. The van der Waals surface area contributed by atoms with Crippen LogP contribution < -0.4 is 10.1 Å². The molecule has 6 nitrogen and oxygen atoms in total. The van der Waals surface area contributed by atoms with Gasteiger partial charge in [-0.3, -0.25) is 9.59 Å². The maximum Gasteiger partial charge on any atom is 0.289 e. The van der Waals surface area contributed by atoms with Crippen molar-refractivity contribution in [2.24, 2.45) is 9.98 Å². The number of thioether (sulfide) groups is 1. The minimum atomic E-state index is -0.465. The molecule has 112 valence electrons. The summed E-state index contributed by atoms with van der Waals surface area (Å²) in [5.41, 5.74) is 1.47. The first-order chi connectivity index (χ1) is 10.7. The molecule has 1 unspecified atom stereocenters. The number of rotatable bonds is 4. The Labute approximate surface area is 131 Å². The molecule has 7 heteroatoms. The lowest BCUT2D eigenvalue weighted by atomic mass is 10.2. The van der Waals surface area contributed by atoms with Gasteiger partial charge in [0.15, 0.2) is 0 Å². The molecule has 0 radical (unpaired) electrons. The summed E-state index contributed by atoms with van der Waals surface area (Å²) in [4.78, 5) is 31.8. The maximum absolute atomic E-state index is 12.1. The highest BCUT2D eigenvalue weighted by Crippen LogP contribution is 2.25. The van der Waals surface area contributed by atoms with Crippen molar-refractivity contribution in [3.63, 3.8) is 0 Å². The molecule has 0 saturated carbocycles. The molecule has 1 aromatic rings. The van der Waals surface area contributed by atoms with Crippen LogP contribution in [0.1, 0.15) is 5.56 Å². The molecule has 2 heterocycles. The van der Waals surface area contributed by atoms with Gasteiger partial charge in [-0.25, -0.2) is 4.99 Å². The SMILES string of the molecule is COc1cccc(CNC(=O)C2=NC(=O)C3SC=CC3=N2)c1. The number of benzene rings is 1. The highest BCUT2D eigenvalue weighted by atomic mass is 32.2. The molecule has 2 amide bonds. The van der Waals surface area contributed by atoms with Crippen LogP contribution in [0.15, 0.2) is 45.7 Å². The van der Waals surface area contributed by atoms with Crippen LogP contribution in [-0.4, -0.2) is 35.7 Å². The van der Waals surface area contributed by atoms with Gasteiger partial charge in [0.1, 0.15) is 11.0 Å². The second-order valence-corrected chi connectivity index (χ2v) is 5.68. The Balaban J connectivity index is 1.67. The predicted molar refractivity (Wildman–Crippen MR) is 85.2 cm³/mol. The van der Waals surface area contributed by atoms with Crippen molar-refractivity contribution in [2.45, 2.75) is 11.8 Å². The number of methoxy groups -OCH3 is 1. The summed E-state index contributed by atoms with van der Waals surface area (Å²) in [5, 5.41) is 4.10. The van der Waals surface area contributed by atoms with Crippen LogP contribution in [0.2, 0.25) is 0 Å². The standard InChI is InChI=1S/C15H13N3O3S/c1-21-10-4-2-3-9(7-10)8-16-15(20)13-17-11-5-6-22-12(11)14(19)18-13/h2-7,12H,8H2,1H3,(H,16,20). The van der Waals surface area contributed by atoms with E-state index in [0.717, 1.165) is 5.56 Å². The van der Waals surface area contributed by atoms with Gasteiger partial charge in [0.05, 0.1) is 12.8 Å². The van der Waals surface area contributed by atoms with Crippen LogP contribution in [0.5, 0.6) is 5.75 Å². The van der Waals surface area contributed by atoms with Crippen molar-refractivity contribution in [3.05, 3.63) is 41.3 Å². The van der Waals surface area contributed by atoms with E-state index < -0.39 is 11.2 Å². The number of hydrogen-bond acceptors (Lipinski definition) is 5. The van der Waals surface area contributed by atoms with Gasteiger partial charge in [0, 0.05) is 6.54 Å². The molecule has 0 bridgehead atoms. The van der Waals surface area contributed by atoms with Crippen molar-refractivity contribution in [3.8, 4) is 5.75 Å². The Hall–Kier alpha value is -2.41. The highest BCUT2D eigenvalue weighted by Gasteiger charge is 2.32. The number of aliphatic imine (C=N–C) groups is 2. The molecule has 2 aliphatic heterocycles. The third-order valence-corrected chi connectivity index (χ3v) is 4.20. The summed E-state index contributed by atoms with van der Waals surface area (Å²) < 4.78 is 5.13. The van der Waals surface area contributed by atoms with E-state index in [9.17, 15) is 9.59 Å². The Morgan fingerprint density at radius 3 is 3.09 bits per heavy atom. The Morgan fingerprint density at radius 2 is 2.27 bits per heavy atom. The second-order valence-electron chi connectivity index (χ2n) is 4.66. The molecule has 0 spiro atoms. The zero-order valence-electron chi connectivity index (χ0n) is 11.8. The van der Waals surface area contributed by atoms with E-state index >= 15 is 0 Å². The minimum Gasteiger partial charge on any atom is -0.497 e. The fourth-order valence-electron chi connectivity index (χ4n) is 2.08. The maximum atomic E-state index is 12.1. The molecule has 3 rings (SSSR count).